The Kier molecular flexibility index (Phi) is 7.06. The zero-order valence-electron chi connectivity index (χ0n) is 15.4. The molecule has 0 unspecified atom stereocenters. The van der Waals surface area contributed by atoms with Crippen LogP contribution in [0.3, 0.4) is 0 Å². The minimum atomic E-state index is -0.564. The molecule has 0 atom stereocenters. The van der Waals surface area contributed by atoms with Crippen LogP contribution in [0.15, 0.2) is 53.8 Å². The van der Waals surface area contributed by atoms with Crippen molar-refractivity contribution in [2.75, 3.05) is 13.1 Å². The number of amides is 2. The first-order chi connectivity index (χ1) is 13.8. The number of nitrogens with one attached hydrogen (secondary N) is 1. The van der Waals surface area contributed by atoms with Gasteiger partial charge in [-0.2, -0.15) is 0 Å². The Labute approximate surface area is 183 Å². The topological polar surface area (TPSA) is 69.6 Å². The molecule has 0 aromatic heterocycles. The van der Waals surface area contributed by atoms with Crippen LogP contribution in [0.4, 0.5) is 0 Å². The maximum atomic E-state index is 12.4. The van der Waals surface area contributed by atoms with Crippen LogP contribution in [0.2, 0.25) is 15.1 Å². The normalized spacial score (nSPS) is 13.9. The lowest BCUT2D eigenvalue weighted by molar-refractivity contribution is -0.128. The highest BCUT2D eigenvalue weighted by molar-refractivity contribution is 6.42. The van der Waals surface area contributed by atoms with Crippen LogP contribution in [0.5, 0.6) is 0 Å². The van der Waals surface area contributed by atoms with Gasteiger partial charge in [0.25, 0.3) is 11.8 Å². The first-order valence-corrected chi connectivity index (χ1v) is 10.2. The third-order valence-electron chi connectivity index (χ3n) is 4.57. The van der Waals surface area contributed by atoms with Crippen LogP contribution in [-0.4, -0.2) is 34.9 Å². The highest BCUT2D eigenvalue weighted by Crippen LogP contribution is 2.23. The van der Waals surface area contributed by atoms with Crippen molar-refractivity contribution in [2.24, 2.45) is 0 Å². The number of carbonyl (C=O) groups is 2. The number of halogens is 3. The molecule has 3 rings (SSSR count). The Morgan fingerprint density at radius 2 is 1.86 bits per heavy atom. The molecule has 1 aliphatic rings. The number of nitrogens with zero attached hydrogens (tertiary/aromatic N) is 1. The molecule has 2 aromatic carbocycles. The van der Waals surface area contributed by atoms with Gasteiger partial charge in [-0.05, 0) is 48.2 Å². The summed E-state index contributed by atoms with van der Waals surface area (Å²) < 4.78 is 0. The number of hydrogen-bond donors (Lipinski definition) is 2. The van der Waals surface area contributed by atoms with Crippen LogP contribution < -0.4 is 5.32 Å². The van der Waals surface area contributed by atoms with E-state index >= 15 is 0 Å². The molecule has 2 aromatic rings. The monoisotopic (exact) mass is 452 g/mol. The van der Waals surface area contributed by atoms with E-state index in [9.17, 15) is 14.7 Å². The van der Waals surface area contributed by atoms with E-state index in [1.165, 1.54) is 4.90 Å². The fourth-order valence-electron chi connectivity index (χ4n) is 3.08. The van der Waals surface area contributed by atoms with E-state index in [1.807, 2.05) is 12.1 Å². The van der Waals surface area contributed by atoms with Crippen LogP contribution in [0.25, 0.3) is 0 Å². The molecule has 0 saturated heterocycles. The van der Waals surface area contributed by atoms with E-state index in [4.69, 9.17) is 34.8 Å². The van der Waals surface area contributed by atoms with E-state index in [0.717, 1.165) is 11.1 Å². The van der Waals surface area contributed by atoms with Crippen molar-refractivity contribution < 1.29 is 14.7 Å². The summed E-state index contributed by atoms with van der Waals surface area (Å²) in [6.07, 6.45) is 1.39. The summed E-state index contributed by atoms with van der Waals surface area (Å²) in [6, 6.07) is 12.5. The second-order valence-electron chi connectivity index (χ2n) is 6.73. The number of aliphatic hydroxyl groups excluding tert-OH is 1. The van der Waals surface area contributed by atoms with Crippen molar-refractivity contribution in [1.82, 2.24) is 10.2 Å². The van der Waals surface area contributed by atoms with Crippen molar-refractivity contribution in [3.63, 3.8) is 0 Å². The Balaban J connectivity index is 1.51. The summed E-state index contributed by atoms with van der Waals surface area (Å²) in [4.78, 5) is 26.1. The molecule has 1 heterocycles. The Hall–Kier alpha value is -2.21. The van der Waals surface area contributed by atoms with Crippen molar-refractivity contribution in [3.8, 4) is 0 Å². The third kappa shape index (κ3) is 5.44. The molecular formula is C21H19Cl3N2O3. The zero-order valence-corrected chi connectivity index (χ0v) is 17.7. The molecule has 0 saturated carbocycles. The van der Waals surface area contributed by atoms with Crippen molar-refractivity contribution >= 4 is 46.6 Å². The van der Waals surface area contributed by atoms with Crippen LogP contribution in [-0.2, 0) is 22.6 Å². The fourth-order valence-corrected chi connectivity index (χ4v) is 3.61. The van der Waals surface area contributed by atoms with Crippen LogP contribution in [0, 0.1) is 0 Å². The summed E-state index contributed by atoms with van der Waals surface area (Å²) in [5.74, 6) is -1.52. The SMILES string of the molecule is O=C(NCCCc1ccc(Cl)c(Cl)c1)C1=C(O)C(=O)N(Cc2cccc(Cl)c2)C1. The van der Waals surface area contributed by atoms with Gasteiger partial charge in [0.05, 0.1) is 22.2 Å². The van der Waals surface area contributed by atoms with Crippen LogP contribution >= 0.6 is 34.8 Å². The van der Waals surface area contributed by atoms with Gasteiger partial charge in [-0.25, -0.2) is 0 Å². The van der Waals surface area contributed by atoms with Gasteiger partial charge in [0.1, 0.15) is 0 Å². The largest absolute Gasteiger partial charge is 0.503 e. The quantitative estimate of drug-likeness (QED) is 0.604. The highest BCUT2D eigenvalue weighted by Gasteiger charge is 2.33. The molecule has 1 aliphatic heterocycles. The minimum absolute atomic E-state index is 0.0514. The minimum Gasteiger partial charge on any atom is -0.503 e. The first-order valence-electron chi connectivity index (χ1n) is 9.03. The number of rotatable bonds is 7. The van der Waals surface area contributed by atoms with E-state index in [-0.39, 0.29) is 18.7 Å². The predicted molar refractivity (Wildman–Crippen MR) is 114 cm³/mol. The average molecular weight is 454 g/mol. The third-order valence-corrected chi connectivity index (χ3v) is 5.55. The number of aryl methyl sites for hydroxylation is 1. The molecular weight excluding hydrogens is 435 g/mol. The number of benzene rings is 2. The smallest absolute Gasteiger partial charge is 0.289 e. The van der Waals surface area contributed by atoms with E-state index in [1.54, 1.807) is 30.3 Å². The van der Waals surface area contributed by atoms with Gasteiger partial charge in [-0.15, -0.1) is 0 Å². The van der Waals surface area contributed by atoms with Gasteiger partial charge in [0.2, 0.25) is 0 Å². The summed E-state index contributed by atoms with van der Waals surface area (Å²) in [5, 5.41) is 14.4. The maximum absolute atomic E-state index is 12.4. The van der Waals surface area contributed by atoms with E-state index < -0.39 is 17.6 Å². The number of aliphatic hydroxyl groups is 1. The molecule has 5 nitrogen and oxygen atoms in total. The average Bonchev–Trinajstić information content (AvgIpc) is 2.96. The number of carbonyl (C=O) groups excluding carboxylic acids is 2. The second kappa shape index (κ2) is 9.53. The summed E-state index contributed by atoms with van der Waals surface area (Å²) in [7, 11) is 0. The maximum Gasteiger partial charge on any atom is 0.289 e. The standard InChI is InChI=1S/C21H19Cl3N2O3/c22-15-5-1-3-14(9-15)11-26-12-16(19(27)21(26)29)20(28)25-8-2-4-13-6-7-17(23)18(24)10-13/h1,3,5-7,9-10,27H,2,4,8,11-12H2,(H,25,28). The lowest BCUT2D eigenvalue weighted by Crippen LogP contribution is -2.30. The van der Waals surface area contributed by atoms with Gasteiger partial charge in [-0.3, -0.25) is 9.59 Å². The molecule has 0 radical (unpaired) electrons. The molecule has 0 spiro atoms. The molecule has 29 heavy (non-hydrogen) atoms. The second-order valence-corrected chi connectivity index (χ2v) is 7.98. The van der Waals surface area contributed by atoms with E-state index in [2.05, 4.69) is 5.32 Å². The van der Waals surface area contributed by atoms with Gasteiger partial charge < -0.3 is 15.3 Å². The molecule has 0 aliphatic carbocycles. The first kappa shape index (κ1) is 21.5. The summed E-state index contributed by atoms with van der Waals surface area (Å²) in [5.41, 5.74) is 1.91. The molecule has 0 fully saturated rings. The predicted octanol–water partition coefficient (Wildman–Crippen LogP) is 4.55. The lowest BCUT2D eigenvalue weighted by atomic mass is 10.1. The fraction of sp³-hybridized carbons (Fsp3) is 0.238. The van der Waals surface area contributed by atoms with Crippen LogP contribution in [0.1, 0.15) is 17.5 Å². The van der Waals surface area contributed by atoms with E-state index in [0.29, 0.717) is 34.5 Å². The molecule has 8 heteroatoms. The highest BCUT2D eigenvalue weighted by atomic mass is 35.5. The van der Waals surface area contributed by atoms with Gasteiger partial charge >= 0.3 is 0 Å². The summed E-state index contributed by atoms with van der Waals surface area (Å²) in [6.45, 7) is 0.714. The van der Waals surface area contributed by atoms with Crippen molar-refractivity contribution in [1.29, 1.82) is 0 Å². The summed E-state index contributed by atoms with van der Waals surface area (Å²) >= 11 is 17.9. The lowest BCUT2D eigenvalue weighted by Gasteiger charge is -2.16. The molecule has 2 amide bonds. The van der Waals surface area contributed by atoms with Crippen molar-refractivity contribution in [2.45, 2.75) is 19.4 Å². The number of hydrogen-bond acceptors (Lipinski definition) is 3. The molecule has 2 N–H and O–H groups in total. The Morgan fingerprint density at radius 1 is 1.07 bits per heavy atom. The Morgan fingerprint density at radius 3 is 2.59 bits per heavy atom. The Bertz CT molecular complexity index is 975. The molecule has 152 valence electrons. The van der Waals surface area contributed by atoms with Crippen molar-refractivity contribution in [3.05, 3.63) is 80.0 Å². The molecule has 0 bridgehead atoms. The van der Waals surface area contributed by atoms with Gasteiger partial charge in [0.15, 0.2) is 5.76 Å². The van der Waals surface area contributed by atoms with Gasteiger partial charge in [-0.1, -0.05) is 53.0 Å². The van der Waals surface area contributed by atoms with Gasteiger partial charge in [0, 0.05) is 18.1 Å². The zero-order chi connectivity index (χ0) is 21.0.